The summed E-state index contributed by atoms with van der Waals surface area (Å²) < 4.78 is 6.11. The zero-order valence-electron chi connectivity index (χ0n) is 10.7. The Morgan fingerprint density at radius 1 is 1.33 bits per heavy atom. The minimum absolute atomic E-state index is 0.728. The molecule has 0 unspecified atom stereocenters. The van der Waals surface area contributed by atoms with Gasteiger partial charge in [-0.05, 0) is 36.8 Å². The molecule has 2 aromatic rings. The van der Waals surface area contributed by atoms with Crippen molar-refractivity contribution in [2.75, 3.05) is 20.3 Å². The van der Waals surface area contributed by atoms with Crippen LogP contribution in [-0.2, 0) is 11.3 Å². The number of benzene rings is 1. The third-order valence-corrected chi connectivity index (χ3v) is 3.28. The van der Waals surface area contributed by atoms with Crippen LogP contribution in [0, 0.1) is 6.92 Å². The molecule has 4 heteroatoms. The highest BCUT2D eigenvalue weighted by Crippen LogP contribution is 2.22. The Hall–Kier alpha value is -0.970. The molecule has 0 saturated carbocycles. The molecule has 3 nitrogen and oxygen atoms in total. The van der Waals surface area contributed by atoms with E-state index in [4.69, 9.17) is 4.74 Å². The predicted molar refractivity (Wildman–Crippen MR) is 77.8 cm³/mol. The van der Waals surface area contributed by atoms with Crippen LogP contribution in [0.3, 0.4) is 0 Å². The maximum Gasteiger partial charge on any atom is 0.0709 e. The molecule has 0 aliphatic heterocycles. The fourth-order valence-electron chi connectivity index (χ4n) is 1.96. The van der Waals surface area contributed by atoms with Crippen molar-refractivity contribution in [2.45, 2.75) is 13.5 Å². The lowest BCUT2D eigenvalue weighted by molar-refractivity contribution is 0.199. The second kappa shape index (κ2) is 6.27. The average Bonchev–Trinajstić information content (AvgIpc) is 2.35. The summed E-state index contributed by atoms with van der Waals surface area (Å²) in [6.45, 7) is 4.44. The fraction of sp³-hybridized carbons (Fsp3) is 0.357. The van der Waals surface area contributed by atoms with E-state index in [1.165, 1.54) is 10.9 Å². The summed E-state index contributed by atoms with van der Waals surface area (Å²) in [7, 11) is 1.71. The van der Waals surface area contributed by atoms with Crippen LogP contribution in [0.25, 0.3) is 10.9 Å². The smallest absolute Gasteiger partial charge is 0.0709 e. The molecule has 0 fully saturated rings. The average molecular weight is 309 g/mol. The van der Waals surface area contributed by atoms with Gasteiger partial charge in [0.2, 0.25) is 0 Å². The second-order valence-electron chi connectivity index (χ2n) is 4.25. The monoisotopic (exact) mass is 308 g/mol. The largest absolute Gasteiger partial charge is 0.383 e. The van der Waals surface area contributed by atoms with Crippen molar-refractivity contribution < 1.29 is 4.74 Å². The zero-order chi connectivity index (χ0) is 13.0. The van der Waals surface area contributed by atoms with Crippen molar-refractivity contribution in [1.82, 2.24) is 10.3 Å². The standard InChI is InChI=1S/C14H17BrN2O/c1-10-7-11(9-16-5-6-18-2)13-8-12(15)3-4-14(13)17-10/h3-4,7-8,16H,5-6,9H2,1-2H3. The van der Waals surface area contributed by atoms with E-state index in [1.807, 2.05) is 19.1 Å². The van der Waals surface area contributed by atoms with Crippen LogP contribution in [0.2, 0.25) is 0 Å². The number of pyridine rings is 1. The van der Waals surface area contributed by atoms with Gasteiger partial charge in [0.15, 0.2) is 0 Å². The van der Waals surface area contributed by atoms with Gasteiger partial charge in [-0.1, -0.05) is 15.9 Å². The van der Waals surface area contributed by atoms with E-state index in [9.17, 15) is 0 Å². The first kappa shape index (κ1) is 13.5. The van der Waals surface area contributed by atoms with Gasteiger partial charge in [-0.3, -0.25) is 4.98 Å². The van der Waals surface area contributed by atoms with Crippen molar-refractivity contribution in [3.05, 3.63) is 40.0 Å². The molecule has 0 spiro atoms. The molecule has 2 rings (SSSR count). The first-order chi connectivity index (χ1) is 8.70. The number of aryl methyl sites for hydroxylation is 1. The molecule has 0 bridgehead atoms. The first-order valence-corrected chi connectivity index (χ1v) is 6.75. The molecule has 0 atom stereocenters. The zero-order valence-corrected chi connectivity index (χ0v) is 12.3. The van der Waals surface area contributed by atoms with Gasteiger partial charge in [0.05, 0.1) is 12.1 Å². The summed E-state index contributed by atoms with van der Waals surface area (Å²) in [4.78, 5) is 4.55. The molecule has 0 amide bonds. The number of hydrogen-bond donors (Lipinski definition) is 1. The Morgan fingerprint density at radius 2 is 2.17 bits per heavy atom. The van der Waals surface area contributed by atoms with Crippen molar-refractivity contribution >= 4 is 26.8 Å². The first-order valence-electron chi connectivity index (χ1n) is 5.96. The minimum Gasteiger partial charge on any atom is -0.383 e. The Labute approximate surface area is 116 Å². The number of rotatable bonds is 5. The van der Waals surface area contributed by atoms with E-state index in [2.05, 4.69) is 38.4 Å². The summed E-state index contributed by atoms with van der Waals surface area (Å²) in [5.41, 5.74) is 3.37. The Balaban J connectivity index is 2.27. The van der Waals surface area contributed by atoms with Crippen LogP contribution >= 0.6 is 15.9 Å². The van der Waals surface area contributed by atoms with Crippen molar-refractivity contribution in [3.8, 4) is 0 Å². The molecule has 1 aromatic carbocycles. The van der Waals surface area contributed by atoms with E-state index in [-0.39, 0.29) is 0 Å². The van der Waals surface area contributed by atoms with E-state index >= 15 is 0 Å². The highest BCUT2D eigenvalue weighted by Gasteiger charge is 2.04. The van der Waals surface area contributed by atoms with Gasteiger partial charge < -0.3 is 10.1 Å². The predicted octanol–water partition coefficient (Wildman–Crippen LogP) is 3.04. The lowest BCUT2D eigenvalue weighted by Crippen LogP contribution is -2.18. The number of nitrogens with one attached hydrogen (secondary N) is 1. The Bertz CT molecular complexity index is 543. The van der Waals surface area contributed by atoms with Gasteiger partial charge in [0, 0.05) is 35.8 Å². The number of halogens is 1. The molecular formula is C14H17BrN2O. The summed E-state index contributed by atoms with van der Waals surface area (Å²) >= 11 is 3.51. The Morgan fingerprint density at radius 3 is 2.94 bits per heavy atom. The van der Waals surface area contributed by atoms with Crippen molar-refractivity contribution in [3.63, 3.8) is 0 Å². The molecule has 0 saturated heterocycles. The van der Waals surface area contributed by atoms with E-state index in [1.54, 1.807) is 7.11 Å². The van der Waals surface area contributed by atoms with Crippen LogP contribution in [0.4, 0.5) is 0 Å². The third kappa shape index (κ3) is 3.28. The Kier molecular flexibility index (Phi) is 4.69. The number of nitrogens with zero attached hydrogens (tertiary/aromatic N) is 1. The number of hydrogen-bond acceptors (Lipinski definition) is 3. The van der Waals surface area contributed by atoms with E-state index in [0.29, 0.717) is 0 Å². The topological polar surface area (TPSA) is 34.1 Å². The van der Waals surface area contributed by atoms with Crippen LogP contribution < -0.4 is 5.32 Å². The molecule has 0 radical (unpaired) electrons. The second-order valence-corrected chi connectivity index (χ2v) is 5.17. The SMILES string of the molecule is COCCNCc1cc(C)nc2ccc(Br)cc12. The fourth-order valence-corrected chi connectivity index (χ4v) is 2.32. The van der Waals surface area contributed by atoms with Gasteiger partial charge in [-0.2, -0.15) is 0 Å². The molecule has 96 valence electrons. The molecule has 1 aromatic heterocycles. The van der Waals surface area contributed by atoms with Gasteiger partial charge >= 0.3 is 0 Å². The molecular weight excluding hydrogens is 292 g/mol. The highest BCUT2D eigenvalue weighted by atomic mass is 79.9. The van der Waals surface area contributed by atoms with Crippen LogP contribution in [-0.4, -0.2) is 25.2 Å². The van der Waals surface area contributed by atoms with Crippen molar-refractivity contribution in [1.29, 1.82) is 0 Å². The lowest BCUT2D eigenvalue weighted by Gasteiger charge is -2.09. The number of methoxy groups -OCH3 is 1. The van der Waals surface area contributed by atoms with Crippen molar-refractivity contribution in [2.24, 2.45) is 0 Å². The number of aromatic nitrogens is 1. The maximum absolute atomic E-state index is 5.03. The molecule has 0 aliphatic carbocycles. The van der Waals surface area contributed by atoms with E-state index < -0.39 is 0 Å². The van der Waals surface area contributed by atoms with Gasteiger partial charge in [-0.25, -0.2) is 0 Å². The van der Waals surface area contributed by atoms with Gasteiger partial charge in [-0.15, -0.1) is 0 Å². The minimum atomic E-state index is 0.728. The van der Waals surface area contributed by atoms with Crippen LogP contribution in [0.5, 0.6) is 0 Å². The summed E-state index contributed by atoms with van der Waals surface area (Å²) in [5, 5.41) is 4.57. The quantitative estimate of drug-likeness (QED) is 0.862. The summed E-state index contributed by atoms with van der Waals surface area (Å²) in [6.07, 6.45) is 0. The number of ether oxygens (including phenoxy) is 1. The van der Waals surface area contributed by atoms with Crippen LogP contribution in [0.1, 0.15) is 11.3 Å². The summed E-state index contributed by atoms with van der Waals surface area (Å²) in [5.74, 6) is 0. The van der Waals surface area contributed by atoms with Gasteiger partial charge in [0.1, 0.15) is 0 Å². The van der Waals surface area contributed by atoms with Gasteiger partial charge in [0.25, 0.3) is 0 Å². The van der Waals surface area contributed by atoms with Crippen LogP contribution in [0.15, 0.2) is 28.7 Å². The van der Waals surface area contributed by atoms with E-state index in [0.717, 1.165) is 35.4 Å². The maximum atomic E-state index is 5.03. The molecule has 0 aliphatic rings. The summed E-state index contributed by atoms with van der Waals surface area (Å²) in [6, 6.07) is 8.33. The molecule has 1 heterocycles. The molecule has 18 heavy (non-hydrogen) atoms. The highest BCUT2D eigenvalue weighted by molar-refractivity contribution is 9.10. The third-order valence-electron chi connectivity index (χ3n) is 2.78. The normalized spacial score (nSPS) is 11.1. The molecule has 1 N–H and O–H groups in total. The number of fused-ring (bicyclic) bond motifs is 1. The lowest BCUT2D eigenvalue weighted by atomic mass is 10.1.